The molecule has 0 aliphatic carbocycles. The van der Waals surface area contributed by atoms with Crippen LogP contribution in [0.25, 0.3) is 21.7 Å². The highest BCUT2D eigenvalue weighted by molar-refractivity contribution is 6.06. The van der Waals surface area contributed by atoms with Gasteiger partial charge in [-0.15, -0.1) is 0 Å². The molecule has 0 bridgehead atoms. The highest BCUT2D eigenvalue weighted by Gasteiger charge is 2.16. The number of aromatic carboxylic acids is 1. The lowest BCUT2D eigenvalue weighted by Crippen LogP contribution is -2.19. The Labute approximate surface area is 143 Å². The summed E-state index contributed by atoms with van der Waals surface area (Å²) < 4.78 is 1.86. The number of fused-ring (bicyclic) bond motifs is 3. The summed E-state index contributed by atoms with van der Waals surface area (Å²) in [5, 5.41) is 11.8. The van der Waals surface area contributed by atoms with Gasteiger partial charge >= 0.3 is 5.97 Å². The molecule has 0 aliphatic rings. The smallest absolute Gasteiger partial charge is 0.341 e. The molecular formula is C21H15NO3. The van der Waals surface area contributed by atoms with E-state index < -0.39 is 11.4 Å². The molecule has 4 rings (SSSR count). The normalized spacial score (nSPS) is 11.0. The van der Waals surface area contributed by atoms with Crippen molar-refractivity contribution in [1.82, 2.24) is 4.57 Å². The topological polar surface area (TPSA) is 59.3 Å². The monoisotopic (exact) mass is 329 g/mol. The van der Waals surface area contributed by atoms with E-state index in [2.05, 4.69) is 0 Å². The molecule has 0 saturated heterocycles. The van der Waals surface area contributed by atoms with Crippen LogP contribution in [0.2, 0.25) is 0 Å². The van der Waals surface area contributed by atoms with Gasteiger partial charge in [0.1, 0.15) is 5.56 Å². The van der Waals surface area contributed by atoms with Crippen molar-refractivity contribution in [2.45, 2.75) is 6.54 Å². The predicted molar refractivity (Wildman–Crippen MR) is 98.2 cm³/mol. The molecule has 0 saturated carbocycles. The quantitative estimate of drug-likeness (QED) is 0.580. The number of aromatic nitrogens is 1. The molecule has 25 heavy (non-hydrogen) atoms. The van der Waals surface area contributed by atoms with Crippen LogP contribution >= 0.6 is 0 Å². The number of rotatable bonds is 3. The van der Waals surface area contributed by atoms with E-state index in [0.717, 1.165) is 21.9 Å². The minimum Gasteiger partial charge on any atom is -0.477 e. The molecule has 122 valence electrons. The Bertz CT molecular complexity index is 1160. The van der Waals surface area contributed by atoms with Crippen LogP contribution in [0.3, 0.4) is 0 Å². The molecule has 0 radical (unpaired) electrons. The summed E-state index contributed by atoms with van der Waals surface area (Å²) in [7, 11) is 0. The maximum Gasteiger partial charge on any atom is 0.341 e. The standard InChI is InChI=1S/C21H15NO3/c23-20-17-11-10-15-8-4-5-9-16(15)19(17)22(13-18(20)21(24)25)12-14-6-2-1-3-7-14/h1-11,13H,12H2,(H,24,25). The summed E-state index contributed by atoms with van der Waals surface area (Å²) in [6.07, 6.45) is 1.45. The van der Waals surface area contributed by atoms with Crippen LogP contribution in [0.1, 0.15) is 15.9 Å². The van der Waals surface area contributed by atoms with Crippen LogP contribution < -0.4 is 5.43 Å². The minimum atomic E-state index is -1.21. The average Bonchev–Trinajstić information content (AvgIpc) is 2.64. The van der Waals surface area contributed by atoms with Gasteiger partial charge in [-0.2, -0.15) is 0 Å². The fourth-order valence-corrected chi connectivity index (χ4v) is 3.23. The van der Waals surface area contributed by atoms with Crippen molar-refractivity contribution in [1.29, 1.82) is 0 Å². The van der Waals surface area contributed by atoms with Gasteiger partial charge in [0.05, 0.1) is 5.52 Å². The molecule has 3 aromatic carbocycles. The Hall–Kier alpha value is -3.40. The number of benzene rings is 3. The zero-order valence-electron chi connectivity index (χ0n) is 13.3. The van der Waals surface area contributed by atoms with E-state index in [0.29, 0.717) is 11.9 Å². The van der Waals surface area contributed by atoms with Crippen LogP contribution in [0.4, 0.5) is 0 Å². The fourth-order valence-electron chi connectivity index (χ4n) is 3.23. The molecule has 0 amide bonds. The number of carboxylic acid groups (broad SMARTS) is 1. The van der Waals surface area contributed by atoms with E-state index in [1.807, 2.05) is 65.2 Å². The lowest BCUT2D eigenvalue weighted by Gasteiger charge is -2.14. The van der Waals surface area contributed by atoms with Crippen LogP contribution in [0, 0.1) is 0 Å². The summed E-state index contributed by atoms with van der Waals surface area (Å²) in [6, 6.07) is 21.2. The molecule has 0 unspecified atom stereocenters. The second-order valence-electron chi connectivity index (χ2n) is 5.97. The minimum absolute atomic E-state index is 0.210. The van der Waals surface area contributed by atoms with E-state index in [1.165, 1.54) is 6.20 Å². The molecule has 4 heteroatoms. The molecule has 0 fully saturated rings. The number of pyridine rings is 1. The number of carbonyl (C=O) groups is 1. The van der Waals surface area contributed by atoms with Crippen molar-refractivity contribution in [3.63, 3.8) is 0 Å². The van der Waals surface area contributed by atoms with Crippen molar-refractivity contribution in [3.05, 3.63) is 94.3 Å². The van der Waals surface area contributed by atoms with Crippen molar-refractivity contribution < 1.29 is 9.90 Å². The van der Waals surface area contributed by atoms with Gasteiger partial charge in [-0.3, -0.25) is 4.79 Å². The van der Waals surface area contributed by atoms with Gasteiger partial charge in [0.2, 0.25) is 5.43 Å². The van der Waals surface area contributed by atoms with Gasteiger partial charge in [-0.1, -0.05) is 60.7 Å². The van der Waals surface area contributed by atoms with Crippen molar-refractivity contribution in [2.75, 3.05) is 0 Å². The first-order valence-corrected chi connectivity index (χ1v) is 7.97. The summed E-state index contributed by atoms with van der Waals surface area (Å²) >= 11 is 0. The van der Waals surface area contributed by atoms with Gasteiger partial charge in [0, 0.05) is 23.5 Å². The van der Waals surface area contributed by atoms with Crippen LogP contribution in [-0.4, -0.2) is 15.6 Å². The van der Waals surface area contributed by atoms with Crippen LogP contribution in [-0.2, 0) is 6.54 Å². The van der Waals surface area contributed by atoms with E-state index in [1.54, 1.807) is 6.07 Å². The fraction of sp³-hybridized carbons (Fsp3) is 0.0476. The lowest BCUT2D eigenvalue weighted by molar-refractivity contribution is 0.0695. The van der Waals surface area contributed by atoms with E-state index in [-0.39, 0.29) is 5.56 Å². The third-order valence-electron chi connectivity index (χ3n) is 4.39. The second-order valence-corrected chi connectivity index (χ2v) is 5.97. The largest absolute Gasteiger partial charge is 0.477 e. The molecule has 0 aliphatic heterocycles. The third kappa shape index (κ3) is 2.58. The van der Waals surface area contributed by atoms with Crippen LogP contribution in [0.5, 0.6) is 0 Å². The predicted octanol–water partition coefficient (Wildman–Crippen LogP) is 3.90. The summed E-state index contributed by atoms with van der Waals surface area (Å²) in [5.74, 6) is -1.21. The molecule has 4 aromatic rings. The number of carboxylic acids is 1. The molecule has 1 N–H and O–H groups in total. The van der Waals surface area contributed by atoms with E-state index >= 15 is 0 Å². The number of nitrogens with zero attached hydrogens (tertiary/aromatic N) is 1. The molecule has 0 atom stereocenters. The highest BCUT2D eigenvalue weighted by atomic mass is 16.4. The lowest BCUT2D eigenvalue weighted by atomic mass is 10.0. The maximum absolute atomic E-state index is 12.6. The van der Waals surface area contributed by atoms with E-state index in [4.69, 9.17) is 0 Å². The number of hydrogen-bond donors (Lipinski definition) is 1. The summed E-state index contributed by atoms with van der Waals surface area (Å²) in [6.45, 7) is 0.492. The average molecular weight is 329 g/mol. The Morgan fingerprint density at radius 1 is 0.880 bits per heavy atom. The van der Waals surface area contributed by atoms with Crippen LogP contribution in [0.15, 0.2) is 77.7 Å². The van der Waals surface area contributed by atoms with Crippen molar-refractivity contribution in [3.8, 4) is 0 Å². The molecule has 4 nitrogen and oxygen atoms in total. The SMILES string of the molecule is O=C(O)c1cn(Cc2ccccc2)c2c(ccc3ccccc32)c1=O. The third-order valence-corrected chi connectivity index (χ3v) is 4.39. The molecule has 1 aromatic heterocycles. The first kappa shape index (κ1) is 15.1. The van der Waals surface area contributed by atoms with Crippen molar-refractivity contribution in [2.24, 2.45) is 0 Å². The van der Waals surface area contributed by atoms with Crippen molar-refractivity contribution >= 4 is 27.6 Å². The Morgan fingerprint density at radius 2 is 1.60 bits per heavy atom. The van der Waals surface area contributed by atoms with Gasteiger partial charge in [-0.25, -0.2) is 4.79 Å². The summed E-state index contributed by atoms with van der Waals surface area (Å²) in [5.41, 5.74) is 1.14. The van der Waals surface area contributed by atoms with Gasteiger partial charge < -0.3 is 9.67 Å². The molecular weight excluding hydrogens is 314 g/mol. The van der Waals surface area contributed by atoms with Gasteiger partial charge in [0.15, 0.2) is 0 Å². The highest BCUT2D eigenvalue weighted by Crippen LogP contribution is 2.24. The zero-order valence-corrected chi connectivity index (χ0v) is 13.3. The second kappa shape index (κ2) is 5.91. The first-order chi connectivity index (χ1) is 12.1. The van der Waals surface area contributed by atoms with Gasteiger partial charge in [-0.05, 0) is 17.0 Å². The zero-order chi connectivity index (χ0) is 17.4. The first-order valence-electron chi connectivity index (χ1n) is 7.97. The summed E-state index contributed by atoms with van der Waals surface area (Å²) in [4.78, 5) is 24.1. The maximum atomic E-state index is 12.6. The number of hydrogen-bond acceptors (Lipinski definition) is 2. The Morgan fingerprint density at radius 3 is 2.36 bits per heavy atom. The Kier molecular flexibility index (Phi) is 3.58. The Balaban J connectivity index is 2.10. The van der Waals surface area contributed by atoms with Gasteiger partial charge in [0.25, 0.3) is 0 Å². The van der Waals surface area contributed by atoms with E-state index in [9.17, 15) is 14.7 Å². The molecule has 0 spiro atoms. The molecule has 1 heterocycles.